The molecule has 0 unspecified atom stereocenters. The first kappa shape index (κ1) is 12.5. The first-order valence-electron chi connectivity index (χ1n) is 5.30. The second-order valence-electron chi connectivity index (χ2n) is 3.65. The van der Waals surface area contributed by atoms with Gasteiger partial charge in [-0.25, -0.2) is 4.39 Å². The molecule has 0 aliphatic carbocycles. The number of nitrogens with zero attached hydrogens (tertiary/aromatic N) is 1. The molecule has 0 saturated carbocycles. The Hall–Kier alpha value is -1.94. The molecule has 0 aliphatic rings. The van der Waals surface area contributed by atoms with Crippen LogP contribution in [0.1, 0.15) is 16.1 Å². The summed E-state index contributed by atoms with van der Waals surface area (Å²) in [6.45, 7) is 0.273. The van der Waals surface area contributed by atoms with Gasteiger partial charge in [0.15, 0.2) is 0 Å². The third-order valence-electron chi connectivity index (χ3n) is 2.33. The quantitative estimate of drug-likeness (QED) is 0.926. The molecule has 0 aliphatic heterocycles. The number of halogens is 2. The molecule has 2 aromatic rings. The maximum atomic E-state index is 12.9. The Morgan fingerprint density at radius 1 is 1.33 bits per heavy atom. The molecule has 0 spiro atoms. The van der Waals surface area contributed by atoms with Crippen LogP contribution < -0.4 is 5.32 Å². The van der Waals surface area contributed by atoms with Gasteiger partial charge in [-0.1, -0.05) is 23.7 Å². The third-order valence-corrected chi connectivity index (χ3v) is 2.62. The lowest BCUT2D eigenvalue weighted by Gasteiger charge is -2.05. The number of hydrogen-bond acceptors (Lipinski definition) is 2. The van der Waals surface area contributed by atoms with E-state index in [1.165, 1.54) is 12.1 Å². The van der Waals surface area contributed by atoms with Crippen molar-refractivity contribution in [3.63, 3.8) is 0 Å². The van der Waals surface area contributed by atoms with Crippen molar-refractivity contribution in [2.45, 2.75) is 6.54 Å². The number of nitrogens with one attached hydrogen (secondary N) is 1. The maximum absolute atomic E-state index is 12.9. The lowest BCUT2D eigenvalue weighted by atomic mass is 10.2. The molecule has 1 aromatic carbocycles. The Morgan fingerprint density at radius 2 is 2.17 bits per heavy atom. The number of hydrogen-bond donors (Lipinski definition) is 1. The van der Waals surface area contributed by atoms with E-state index < -0.39 is 5.82 Å². The first-order chi connectivity index (χ1) is 8.66. The molecular formula is C13H10ClFN2O. The SMILES string of the molecule is O=C(NCc1ccc(F)c(Cl)c1)c1ccccn1. The molecule has 5 heteroatoms. The van der Waals surface area contributed by atoms with E-state index in [9.17, 15) is 9.18 Å². The van der Waals surface area contributed by atoms with E-state index in [-0.39, 0.29) is 17.5 Å². The van der Waals surface area contributed by atoms with Gasteiger partial charge >= 0.3 is 0 Å². The molecule has 0 fully saturated rings. The van der Waals surface area contributed by atoms with Gasteiger partial charge in [0.05, 0.1) is 5.02 Å². The summed E-state index contributed by atoms with van der Waals surface area (Å²) in [5.74, 6) is -0.757. The number of carbonyl (C=O) groups excluding carboxylic acids is 1. The maximum Gasteiger partial charge on any atom is 0.270 e. The van der Waals surface area contributed by atoms with Gasteiger partial charge in [-0.05, 0) is 29.8 Å². The van der Waals surface area contributed by atoms with Gasteiger partial charge in [-0.2, -0.15) is 0 Å². The minimum Gasteiger partial charge on any atom is -0.347 e. The van der Waals surface area contributed by atoms with E-state index in [4.69, 9.17) is 11.6 Å². The Kier molecular flexibility index (Phi) is 3.89. The summed E-state index contributed by atoms with van der Waals surface area (Å²) >= 11 is 5.65. The van der Waals surface area contributed by atoms with Crippen molar-refractivity contribution in [3.8, 4) is 0 Å². The van der Waals surface area contributed by atoms with Gasteiger partial charge in [0.2, 0.25) is 0 Å². The minimum atomic E-state index is -0.475. The zero-order valence-electron chi connectivity index (χ0n) is 9.36. The van der Waals surface area contributed by atoms with Crippen LogP contribution in [0.5, 0.6) is 0 Å². The molecule has 0 atom stereocenters. The normalized spacial score (nSPS) is 10.1. The largest absolute Gasteiger partial charge is 0.347 e. The summed E-state index contributed by atoms with van der Waals surface area (Å²) < 4.78 is 12.9. The van der Waals surface area contributed by atoms with Gasteiger partial charge in [0.25, 0.3) is 5.91 Å². The molecule has 1 N–H and O–H groups in total. The Morgan fingerprint density at radius 3 is 2.83 bits per heavy atom. The Labute approximate surface area is 109 Å². The van der Waals surface area contributed by atoms with E-state index in [0.29, 0.717) is 5.69 Å². The lowest BCUT2D eigenvalue weighted by Crippen LogP contribution is -2.23. The van der Waals surface area contributed by atoms with Crippen LogP contribution in [0.15, 0.2) is 42.6 Å². The van der Waals surface area contributed by atoms with Crippen LogP contribution in [0.2, 0.25) is 5.02 Å². The average molecular weight is 265 g/mol. The zero-order valence-corrected chi connectivity index (χ0v) is 10.1. The molecule has 0 saturated heterocycles. The molecule has 18 heavy (non-hydrogen) atoms. The molecule has 0 bridgehead atoms. The molecule has 3 nitrogen and oxygen atoms in total. The first-order valence-corrected chi connectivity index (χ1v) is 5.68. The Balaban J connectivity index is 1.99. The summed E-state index contributed by atoms with van der Waals surface area (Å²) in [5.41, 5.74) is 1.07. The highest BCUT2D eigenvalue weighted by atomic mass is 35.5. The summed E-state index contributed by atoms with van der Waals surface area (Å²) in [5, 5.41) is 2.72. The molecular weight excluding hydrogens is 255 g/mol. The molecule has 1 heterocycles. The van der Waals surface area contributed by atoms with Crippen LogP contribution in [0.25, 0.3) is 0 Å². The number of rotatable bonds is 3. The van der Waals surface area contributed by atoms with Gasteiger partial charge in [0.1, 0.15) is 11.5 Å². The number of carbonyl (C=O) groups is 1. The summed E-state index contributed by atoms with van der Waals surface area (Å²) in [6, 6.07) is 9.40. The smallest absolute Gasteiger partial charge is 0.270 e. The van der Waals surface area contributed by atoms with Crippen molar-refractivity contribution >= 4 is 17.5 Å². The van der Waals surface area contributed by atoms with Crippen molar-refractivity contribution in [2.24, 2.45) is 0 Å². The number of aromatic nitrogens is 1. The van der Waals surface area contributed by atoms with Crippen molar-refractivity contribution in [2.75, 3.05) is 0 Å². The van der Waals surface area contributed by atoms with Crippen molar-refractivity contribution in [1.29, 1.82) is 0 Å². The predicted octanol–water partition coefficient (Wildman–Crippen LogP) is 2.80. The fraction of sp³-hybridized carbons (Fsp3) is 0.0769. The lowest BCUT2D eigenvalue weighted by molar-refractivity contribution is 0.0946. The van der Waals surface area contributed by atoms with E-state index in [0.717, 1.165) is 5.56 Å². The predicted molar refractivity (Wildman–Crippen MR) is 66.8 cm³/mol. The van der Waals surface area contributed by atoms with Gasteiger partial charge in [-0.3, -0.25) is 9.78 Å². The molecule has 92 valence electrons. The topological polar surface area (TPSA) is 42.0 Å². The highest BCUT2D eigenvalue weighted by Crippen LogP contribution is 2.15. The van der Waals surface area contributed by atoms with Crippen LogP contribution in [0.3, 0.4) is 0 Å². The van der Waals surface area contributed by atoms with Crippen LogP contribution in [-0.4, -0.2) is 10.9 Å². The summed E-state index contributed by atoms with van der Waals surface area (Å²) in [6.07, 6.45) is 1.55. The van der Waals surface area contributed by atoms with Crippen LogP contribution in [0.4, 0.5) is 4.39 Å². The molecule has 0 radical (unpaired) electrons. The highest BCUT2D eigenvalue weighted by molar-refractivity contribution is 6.30. The third kappa shape index (κ3) is 3.05. The number of benzene rings is 1. The van der Waals surface area contributed by atoms with E-state index >= 15 is 0 Å². The fourth-order valence-corrected chi connectivity index (χ4v) is 1.62. The summed E-state index contributed by atoms with van der Waals surface area (Å²) in [4.78, 5) is 15.6. The van der Waals surface area contributed by atoms with Gasteiger partial charge in [0, 0.05) is 12.7 Å². The van der Waals surface area contributed by atoms with Gasteiger partial charge < -0.3 is 5.32 Å². The Bertz CT molecular complexity index is 560. The second-order valence-corrected chi connectivity index (χ2v) is 4.05. The van der Waals surface area contributed by atoms with Crippen LogP contribution in [-0.2, 0) is 6.54 Å². The molecule has 2 rings (SSSR count). The second kappa shape index (κ2) is 5.60. The molecule has 1 aromatic heterocycles. The van der Waals surface area contributed by atoms with Crippen LogP contribution in [0, 0.1) is 5.82 Å². The van der Waals surface area contributed by atoms with E-state index in [1.54, 1.807) is 30.5 Å². The summed E-state index contributed by atoms with van der Waals surface area (Å²) in [7, 11) is 0. The molecule has 1 amide bonds. The van der Waals surface area contributed by atoms with Gasteiger partial charge in [-0.15, -0.1) is 0 Å². The van der Waals surface area contributed by atoms with E-state index in [2.05, 4.69) is 10.3 Å². The fourth-order valence-electron chi connectivity index (χ4n) is 1.42. The van der Waals surface area contributed by atoms with Crippen molar-refractivity contribution < 1.29 is 9.18 Å². The standard InChI is InChI=1S/C13H10ClFN2O/c14-10-7-9(4-5-11(10)15)8-17-13(18)12-3-1-2-6-16-12/h1-7H,8H2,(H,17,18). The number of amides is 1. The van der Waals surface area contributed by atoms with Crippen LogP contribution >= 0.6 is 11.6 Å². The van der Waals surface area contributed by atoms with Crippen molar-refractivity contribution in [3.05, 3.63) is 64.7 Å². The highest BCUT2D eigenvalue weighted by Gasteiger charge is 2.06. The minimum absolute atomic E-state index is 0.0413. The zero-order chi connectivity index (χ0) is 13.0. The average Bonchev–Trinajstić information content (AvgIpc) is 2.41. The van der Waals surface area contributed by atoms with Crippen molar-refractivity contribution in [1.82, 2.24) is 10.3 Å². The number of pyridine rings is 1. The monoisotopic (exact) mass is 264 g/mol. The van der Waals surface area contributed by atoms with E-state index in [1.807, 2.05) is 0 Å².